The maximum Gasteiger partial charge on any atom is 0.233 e. The second-order valence-electron chi connectivity index (χ2n) is 6.31. The van der Waals surface area contributed by atoms with Crippen molar-refractivity contribution in [3.63, 3.8) is 0 Å². The summed E-state index contributed by atoms with van der Waals surface area (Å²) in [5.41, 5.74) is 3.03. The van der Waals surface area contributed by atoms with Crippen LogP contribution in [0, 0.1) is 6.92 Å². The number of benzene rings is 2. The van der Waals surface area contributed by atoms with Gasteiger partial charge >= 0.3 is 0 Å². The van der Waals surface area contributed by atoms with Gasteiger partial charge in [-0.15, -0.1) is 10.2 Å². The van der Waals surface area contributed by atoms with Crippen LogP contribution in [0.1, 0.15) is 19.4 Å². The molecule has 146 valence electrons. The minimum Gasteiger partial charge on any atom is -0.494 e. The Hall–Kier alpha value is -2.80. The number of hydrogen-bond donors (Lipinski definition) is 1. The van der Waals surface area contributed by atoms with Crippen molar-refractivity contribution >= 4 is 17.7 Å². The fraction of sp³-hybridized carbons (Fsp3) is 0.286. The fourth-order valence-electron chi connectivity index (χ4n) is 2.82. The number of ether oxygens (including phenoxy) is 1. The average Bonchev–Trinajstić information content (AvgIpc) is 3.11. The van der Waals surface area contributed by atoms with Gasteiger partial charge in [-0.3, -0.25) is 9.36 Å². The molecule has 1 unspecified atom stereocenters. The molecule has 0 saturated carbocycles. The monoisotopic (exact) mass is 396 g/mol. The summed E-state index contributed by atoms with van der Waals surface area (Å²) in [6.07, 6.45) is 0. The van der Waals surface area contributed by atoms with Crippen molar-refractivity contribution in [1.29, 1.82) is 0 Å². The predicted molar refractivity (Wildman–Crippen MR) is 112 cm³/mol. The molecule has 0 fully saturated rings. The quantitative estimate of drug-likeness (QED) is 0.614. The summed E-state index contributed by atoms with van der Waals surface area (Å²) in [5.74, 6) is 1.49. The molecule has 1 atom stereocenters. The van der Waals surface area contributed by atoms with Crippen molar-refractivity contribution < 1.29 is 9.53 Å². The lowest BCUT2D eigenvalue weighted by Gasteiger charge is -2.14. The summed E-state index contributed by atoms with van der Waals surface area (Å²) in [7, 11) is 1.63. The summed E-state index contributed by atoms with van der Waals surface area (Å²) in [4.78, 5) is 12.0. The molecule has 0 aliphatic carbocycles. The number of amides is 1. The molecule has 0 radical (unpaired) electrons. The number of nitrogens with zero attached hydrogens (tertiary/aromatic N) is 3. The third kappa shape index (κ3) is 4.36. The van der Waals surface area contributed by atoms with E-state index >= 15 is 0 Å². The zero-order valence-corrected chi connectivity index (χ0v) is 17.3. The highest BCUT2D eigenvalue weighted by Gasteiger charge is 2.21. The number of thioether (sulfide) groups is 1. The van der Waals surface area contributed by atoms with Gasteiger partial charge in [0.15, 0.2) is 11.0 Å². The van der Waals surface area contributed by atoms with Gasteiger partial charge < -0.3 is 10.1 Å². The van der Waals surface area contributed by atoms with Crippen molar-refractivity contribution in [2.24, 2.45) is 0 Å². The van der Waals surface area contributed by atoms with Gasteiger partial charge in [-0.25, -0.2) is 0 Å². The Morgan fingerprint density at radius 1 is 1.21 bits per heavy atom. The highest BCUT2D eigenvalue weighted by Crippen LogP contribution is 2.31. The Morgan fingerprint density at radius 3 is 2.61 bits per heavy atom. The molecule has 1 heterocycles. The lowest BCUT2D eigenvalue weighted by Crippen LogP contribution is -2.27. The number of carbonyl (C=O) groups is 1. The molecule has 6 nitrogen and oxygen atoms in total. The molecule has 0 bridgehead atoms. The first-order chi connectivity index (χ1) is 13.5. The standard InChI is InChI=1S/C21H24N4O2S/c1-5-27-18-11-9-17(10-12-18)25-19(16-8-6-7-14(2)13-16)23-24-21(25)28-15(3)20(26)22-4/h6-13,15H,5H2,1-4H3,(H,22,26). The van der Waals surface area contributed by atoms with E-state index in [0.29, 0.717) is 11.8 Å². The maximum absolute atomic E-state index is 12.0. The number of carbonyl (C=O) groups excluding carboxylic acids is 1. The molecule has 1 N–H and O–H groups in total. The third-order valence-corrected chi connectivity index (χ3v) is 5.26. The van der Waals surface area contributed by atoms with Crippen molar-refractivity contribution in [3.05, 3.63) is 54.1 Å². The van der Waals surface area contributed by atoms with Crippen LogP contribution in [0.5, 0.6) is 5.75 Å². The van der Waals surface area contributed by atoms with E-state index in [9.17, 15) is 4.79 Å². The Morgan fingerprint density at radius 2 is 1.96 bits per heavy atom. The first kappa shape index (κ1) is 19.9. The molecule has 2 aromatic carbocycles. The van der Waals surface area contributed by atoms with E-state index in [2.05, 4.69) is 21.6 Å². The molecule has 0 aliphatic heterocycles. The van der Waals surface area contributed by atoms with Gasteiger partial charge in [0.1, 0.15) is 5.75 Å². The molecule has 0 saturated heterocycles. The summed E-state index contributed by atoms with van der Waals surface area (Å²) in [6, 6.07) is 15.9. The Balaban J connectivity index is 2.07. The highest BCUT2D eigenvalue weighted by atomic mass is 32.2. The van der Waals surface area contributed by atoms with Crippen LogP contribution in [0.2, 0.25) is 0 Å². The third-order valence-electron chi connectivity index (χ3n) is 4.21. The molecule has 0 spiro atoms. The van der Waals surface area contributed by atoms with E-state index in [4.69, 9.17) is 4.74 Å². The van der Waals surface area contributed by atoms with Crippen LogP contribution in [0.4, 0.5) is 0 Å². The smallest absolute Gasteiger partial charge is 0.233 e. The molecule has 28 heavy (non-hydrogen) atoms. The van der Waals surface area contributed by atoms with Crippen molar-refractivity contribution in [2.75, 3.05) is 13.7 Å². The molecule has 3 rings (SSSR count). The van der Waals surface area contributed by atoms with Gasteiger partial charge in [0.05, 0.1) is 11.9 Å². The van der Waals surface area contributed by atoms with Crippen molar-refractivity contribution in [2.45, 2.75) is 31.2 Å². The predicted octanol–water partition coefficient (Wildman–Crippen LogP) is 3.87. The fourth-order valence-corrected chi connectivity index (χ4v) is 3.75. The lowest BCUT2D eigenvalue weighted by molar-refractivity contribution is -0.119. The summed E-state index contributed by atoms with van der Waals surface area (Å²) in [5, 5.41) is 11.9. The van der Waals surface area contributed by atoms with E-state index < -0.39 is 0 Å². The topological polar surface area (TPSA) is 69.0 Å². The van der Waals surface area contributed by atoms with Crippen molar-refractivity contribution in [1.82, 2.24) is 20.1 Å². The van der Waals surface area contributed by atoms with Gasteiger partial charge in [-0.2, -0.15) is 0 Å². The van der Waals surface area contributed by atoms with Gasteiger partial charge in [0.25, 0.3) is 0 Å². The zero-order valence-electron chi connectivity index (χ0n) is 16.5. The lowest BCUT2D eigenvalue weighted by atomic mass is 10.1. The Kier molecular flexibility index (Phi) is 6.36. The van der Waals surface area contributed by atoms with Crippen LogP contribution in [-0.2, 0) is 4.79 Å². The normalized spacial score (nSPS) is 11.9. The molecule has 7 heteroatoms. The summed E-state index contributed by atoms with van der Waals surface area (Å²) in [6.45, 7) is 6.47. The Bertz CT molecular complexity index is 953. The molecule has 1 aromatic heterocycles. The van der Waals surface area contributed by atoms with E-state index in [1.165, 1.54) is 11.8 Å². The minimum absolute atomic E-state index is 0.0525. The van der Waals surface area contributed by atoms with E-state index in [0.717, 1.165) is 28.4 Å². The van der Waals surface area contributed by atoms with Gasteiger partial charge in [0, 0.05) is 18.3 Å². The molecular weight excluding hydrogens is 372 g/mol. The van der Waals surface area contributed by atoms with Crippen LogP contribution in [0.25, 0.3) is 17.1 Å². The first-order valence-corrected chi connectivity index (χ1v) is 10.1. The van der Waals surface area contributed by atoms with Gasteiger partial charge in [0.2, 0.25) is 5.91 Å². The molecular formula is C21H24N4O2S. The van der Waals surface area contributed by atoms with Crippen molar-refractivity contribution in [3.8, 4) is 22.8 Å². The van der Waals surface area contributed by atoms with Crippen LogP contribution < -0.4 is 10.1 Å². The number of aromatic nitrogens is 3. The van der Waals surface area contributed by atoms with E-state index in [1.807, 2.05) is 67.8 Å². The number of rotatable bonds is 7. The number of aryl methyl sites for hydroxylation is 1. The van der Waals surface area contributed by atoms with Gasteiger partial charge in [-0.05, 0) is 51.1 Å². The van der Waals surface area contributed by atoms with Crippen LogP contribution in [0.15, 0.2) is 53.7 Å². The highest BCUT2D eigenvalue weighted by molar-refractivity contribution is 8.00. The summed E-state index contributed by atoms with van der Waals surface area (Å²) >= 11 is 1.38. The first-order valence-electron chi connectivity index (χ1n) is 9.17. The van der Waals surface area contributed by atoms with E-state index in [1.54, 1.807) is 7.05 Å². The summed E-state index contributed by atoms with van der Waals surface area (Å²) < 4.78 is 7.53. The second kappa shape index (κ2) is 8.93. The molecule has 0 aliphatic rings. The van der Waals surface area contributed by atoms with Crippen LogP contribution in [-0.4, -0.2) is 39.6 Å². The zero-order chi connectivity index (χ0) is 20.1. The molecule has 1 amide bonds. The Labute approximate surface area is 169 Å². The average molecular weight is 397 g/mol. The number of hydrogen-bond acceptors (Lipinski definition) is 5. The maximum atomic E-state index is 12.0. The SMILES string of the molecule is CCOc1ccc(-n2c(SC(C)C(=O)NC)nnc2-c2cccc(C)c2)cc1. The molecule has 3 aromatic rings. The van der Waals surface area contributed by atoms with E-state index in [-0.39, 0.29) is 11.2 Å². The minimum atomic E-state index is -0.291. The van der Waals surface area contributed by atoms with Crippen LogP contribution >= 0.6 is 11.8 Å². The van der Waals surface area contributed by atoms with Gasteiger partial charge in [-0.1, -0.05) is 35.5 Å². The second-order valence-corrected chi connectivity index (χ2v) is 7.62. The van der Waals surface area contributed by atoms with Crippen LogP contribution in [0.3, 0.4) is 0 Å². The largest absolute Gasteiger partial charge is 0.494 e. The number of nitrogens with one attached hydrogen (secondary N) is 1.